The topological polar surface area (TPSA) is 96.0 Å². The van der Waals surface area contributed by atoms with Crippen LogP contribution >= 0.6 is 0 Å². The first-order valence-corrected chi connectivity index (χ1v) is 8.67. The summed E-state index contributed by atoms with van der Waals surface area (Å²) in [5.74, 6) is -1.65. The first-order valence-electron chi connectivity index (χ1n) is 8.67. The van der Waals surface area contributed by atoms with Gasteiger partial charge in [0.1, 0.15) is 6.04 Å². The molecule has 1 saturated heterocycles. The van der Waals surface area contributed by atoms with Gasteiger partial charge in [0.2, 0.25) is 12.3 Å². The zero-order valence-electron chi connectivity index (χ0n) is 14.6. The molecule has 0 aromatic heterocycles. The number of carbonyl (C=O) groups is 4. The molecule has 8 heteroatoms. The fourth-order valence-electron chi connectivity index (χ4n) is 3.35. The second-order valence-electron chi connectivity index (χ2n) is 6.24. The monoisotopic (exact) mass is 359 g/mol. The average molecular weight is 359 g/mol. The smallest absolute Gasteiger partial charge is 0.262 e. The standard InChI is InChI=1S/C18H21N3O5/c1-2-3-15(16(23)19-11-22)21-17(24)13-5-4-12(10-14(13)18(21)25)20-6-8-26-9-7-20/h4-5,10-11,15H,2-3,6-9H2,1H3,(H,19,22,23). The highest BCUT2D eigenvalue weighted by atomic mass is 16.5. The number of anilines is 1. The van der Waals surface area contributed by atoms with Crippen molar-refractivity contribution in [1.82, 2.24) is 10.2 Å². The van der Waals surface area contributed by atoms with Crippen molar-refractivity contribution in [2.24, 2.45) is 0 Å². The van der Waals surface area contributed by atoms with Gasteiger partial charge in [0.15, 0.2) is 0 Å². The van der Waals surface area contributed by atoms with E-state index >= 15 is 0 Å². The van der Waals surface area contributed by atoms with Crippen LogP contribution in [0.15, 0.2) is 18.2 Å². The number of amides is 4. The van der Waals surface area contributed by atoms with Gasteiger partial charge in [-0.05, 0) is 24.6 Å². The molecule has 0 radical (unpaired) electrons. The summed E-state index contributed by atoms with van der Waals surface area (Å²) in [4.78, 5) is 51.4. The number of ether oxygens (including phenoxy) is 1. The molecule has 2 aliphatic heterocycles. The van der Waals surface area contributed by atoms with Crippen LogP contribution in [0.25, 0.3) is 0 Å². The maximum atomic E-state index is 12.9. The van der Waals surface area contributed by atoms with Crippen LogP contribution in [0.1, 0.15) is 40.5 Å². The third-order valence-corrected chi connectivity index (χ3v) is 4.66. The van der Waals surface area contributed by atoms with E-state index in [-0.39, 0.29) is 12.0 Å². The number of nitrogens with one attached hydrogen (secondary N) is 1. The van der Waals surface area contributed by atoms with E-state index < -0.39 is 23.8 Å². The summed E-state index contributed by atoms with van der Waals surface area (Å²) >= 11 is 0. The van der Waals surface area contributed by atoms with Crippen molar-refractivity contribution in [3.63, 3.8) is 0 Å². The molecule has 0 saturated carbocycles. The first kappa shape index (κ1) is 18.1. The van der Waals surface area contributed by atoms with Gasteiger partial charge in [-0.2, -0.15) is 0 Å². The number of fused-ring (bicyclic) bond motifs is 1. The van der Waals surface area contributed by atoms with Gasteiger partial charge in [0.05, 0.1) is 24.3 Å². The fourth-order valence-corrected chi connectivity index (χ4v) is 3.35. The summed E-state index contributed by atoms with van der Waals surface area (Å²) in [6, 6.07) is 4.13. The molecule has 8 nitrogen and oxygen atoms in total. The number of hydrogen-bond acceptors (Lipinski definition) is 6. The van der Waals surface area contributed by atoms with Gasteiger partial charge in [0, 0.05) is 18.8 Å². The van der Waals surface area contributed by atoms with Crippen LogP contribution < -0.4 is 10.2 Å². The molecule has 1 aromatic carbocycles. The molecule has 1 aromatic rings. The maximum absolute atomic E-state index is 12.9. The highest BCUT2D eigenvalue weighted by Gasteiger charge is 2.42. The van der Waals surface area contributed by atoms with Crippen molar-refractivity contribution in [2.45, 2.75) is 25.8 Å². The summed E-state index contributed by atoms with van der Waals surface area (Å²) in [6.07, 6.45) is 1.14. The quantitative estimate of drug-likeness (QED) is 0.589. The minimum atomic E-state index is -0.996. The van der Waals surface area contributed by atoms with Crippen LogP contribution in [0.3, 0.4) is 0 Å². The van der Waals surface area contributed by atoms with Crippen molar-refractivity contribution in [2.75, 3.05) is 31.2 Å². The van der Waals surface area contributed by atoms with Crippen molar-refractivity contribution in [3.8, 4) is 0 Å². The third-order valence-electron chi connectivity index (χ3n) is 4.66. The second kappa shape index (κ2) is 7.65. The van der Waals surface area contributed by atoms with E-state index in [1.54, 1.807) is 18.2 Å². The molecular formula is C18H21N3O5. The molecule has 4 amide bonds. The van der Waals surface area contributed by atoms with E-state index in [4.69, 9.17) is 4.74 Å². The van der Waals surface area contributed by atoms with E-state index in [2.05, 4.69) is 10.2 Å². The van der Waals surface area contributed by atoms with Gasteiger partial charge in [-0.3, -0.25) is 29.4 Å². The van der Waals surface area contributed by atoms with Crippen molar-refractivity contribution in [1.29, 1.82) is 0 Å². The van der Waals surface area contributed by atoms with E-state index in [9.17, 15) is 19.2 Å². The van der Waals surface area contributed by atoms with Crippen molar-refractivity contribution in [3.05, 3.63) is 29.3 Å². The molecule has 1 atom stereocenters. The van der Waals surface area contributed by atoms with E-state index in [1.807, 2.05) is 6.92 Å². The number of nitrogens with zero attached hydrogens (tertiary/aromatic N) is 2. The molecule has 0 aliphatic carbocycles. The number of benzene rings is 1. The lowest BCUT2D eigenvalue weighted by molar-refractivity contribution is -0.128. The van der Waals surface area contributed by atoms with E-state index in [0.717, 1.165) is 10.6 Å². The Bertz CT molecular complexity index is 742. The Morgan fingerprint density at radius 3 is 2.58 bits per heavy atom. The van der Waals surface area contributed by atoms with Gasteiger partial charge in [0.25, 0.3) is 11.8 Å². The molecule has 3 rings (SSSR count). The first-order chi connectivity index (χ1) is 12.6. The fraction of sp³-hybridized carbons (Fsp3) is 0.444. The predicted octanol–water partition coefficient (Wildman–Crippen LogP) is 0.561. The zero-order valence-corrected chi connectivity index (χ0v) is 14.6. The van der Waals surface area contributed by atoms with Gasteiger partial charge in [-0.15, -0.1) is 0 Å². The lowest BCUT2D eigenvalue weighted by atomic mass is 10.1. The normalized spacial score (nSPS) is 17.9. The summed E-state index contributed by atoms with van der Waals surface area (Å²) in [7, 11) is 0. The zero-order chi connectivity index (χ0) is 18.7. The summed E-state index contributed by atoms with van der Waals surface area (Å²) < 4.78 is 5.33. The number of carbonyl (C=O) groups excluding carboxylic acids is 4. The Balaban J connectivity index is 1.90. The Morgan fingerprint density at radius 2 is 1.92 bits per heavy atom. The lowest BCUT2D eigenvalue weighted by Crippen LogP contribution is -2.49. The Hall–Kier alpha value is -2.74. The minimum Gasteiger partial charge on any atom is -0.378 e. The molecule has 0 bridgehead atoms. The minimum absolute atomic E-state index is 0.264. The van der Waals surface area contributed by atoms with E-state index in [1.165, 1.54) is 0 Å². The number of hydrogen-bond donors (Lipinski definition) is 1. The third kappa shape index (κ3) is 3.20. The van der Waals surface area contributed by atoms with Crippen LogP contribution in [0.2, 0.25) is 0 Å². The van der Waals surface area contributed by atoms with Gasteiger partial charge in [-0.25, -0.2) is 0 Å². The molecule has 138 valence electrons. The molecule has 1 fully saturated rings. The van der Waals surface area contributed by atoms with Gasteiger partial charge in [-0.1, -0.05) is 13.3 Å². The van der Waals surface area contributed by atoms with Crippen LogP contribution in [-0.2, 0) is 14.3 Å². The number of morpholine rings is 1. The molecule has 2 aliphatic rings. The van der Waals surface area contributed by atoms with Gasteiger partial charge < -0.3 is 9.64 Å². The largest absolute Gasteiger partial charge is 0.378 e. The maximum Gasteiger partial charge on any atom is 0.262 e. The summed E-state index contributed by atoms with van der Waals surface area (Å²) in [5, 5.41) is 2.05. The highest BCUT2D eigenvalue weighted by molar-refractivity contribution is 6.23. The lowest BCUT2D eigenvalue weighted by Gasteiger charge is -2.29. The van der Waals surface area contributed by atoms with Crippen molar-refractivity contribution >= 4 is 29.8 Å². The second-order valence-corrected chi connectivity index (χ2v) is 6.24. The van der Waals surface area contributed by atoms with E-state index in [0.29, 0.717) is 44.7 Å². The average Bonchev–Trinajstić information content (AvgIpc) is 2.91. The molecule has 0 spiro atoms. The molecule has 2 heterocycles. The molecule has 26 heavy (non-hydrogen) atoms. The molecule has 1 N–H and O–H groups in total. The predicted molar refractivity (Wildman–Crippen MR) is 92.9 cm³/mol. The summed E-state index contributed by atoms with van der Waals surface area (Å²) in [6.45, 7) is 4.49. The van der Waals surface area contributed by atoms with Crippen LogP contribution in [0.4, 0.5) is 5.69 Å². The highest BCUT2D eigenvalue weighted by Crippen LogP contribution is 2.30. The van der Waals surface area contributed by atoms with Crippen LogP contribution in [0, 0.1) is 0 Å². The SMILES string of the molecule is CCCC(C(=O)NC=O)N1C(=O)c2ccc(N3CCOCC3)cc2C1=O. The Morgan fingerprint density at radius 1 is 1.23 bits per heavy atom. The number of rotatable bonds is 6. The summed E-state index contributed by atoms with van der Waals surface area (Å²) in [5.41, 5.74) is 1.42. The Labute approximate surface area is 151 Å². The number of imide groups is 2. The van der Waals surface area contributed by atoms with Crippen LogP contribution in [-0.4, -0.2) is 61.4 Å². The van der Waals surface area contributed by atoms with Crippen LogP contribution in [0.5, 0.6) is 0 Å². The van der Waals surface area contributed by atoms with Gasteiger partial charge >= 0.3 is 0 Å². The Kier molecular flexibility index (Phi) is 5.32. The molecular weight excluding hydrogens is 338 g/mol. The van der Waals surface area contributed by atoms with Crippen molar-refractivity contribution < 1.29 is 23.9 Å². The molecule has 1 unspecified atom stereocenters.